The van der Waals surface area contributed by atoms with Crippen molar-refractivity contribution in [2.24, 2.45) is 0 Å². The average molecular weight is 282 g/mol. The summed E-state index contributed by atoms with van der Waals surface area (Å²) in [6, 6.07) is 9.58. The molecular weight excluding hydrogens is 268 g/mol. The highest BCUT2D eigenvalue weighted by Gasteiger charge is 2.10. The molecule has 1 aromatic carbocycles. The Morgan fingerprint density at radius 1 is 1.22 bits per heavy atom. The summed E-state index contributed by atoms with van der Waals surface area (Å²) in [6.07, 6.45) is 0.521. The van der Waals surface area contributed by atoms with Crippen LogP contribution in [0.1, 0.15) is 11.3 Å². The standard InChI is InChI=1S/C12H14N2O2S2/c15-18(16,14-8-12-9-17-10-13-12)7-6-11-4-2-1-3-5-11/h1-5,9-10,14H,6-8H2. The van der Waals surface area contributed by atoms with Gasteiger partial charge in [-0.15, -0.1) is 11.3 Å². The van der Waals surface area contributed by atoms with E-state index in [1.807, 2.05) is 35.7 Å². The van der Waals surface area contributed by atoms with E-state index in [-0.39, 0.29) is 12.3 Å². The van der Waals surface area contributed by atoms with Crippen LogP contribution in [0.2, 0.25) is 0 Å². The fourth-order valence-electron chi connectivity index (χ4n) is 1.48. The van der Waals surface area contributed by atoms with Crippen LogP contribution in [-0.4, -0.2) is 19.2 Å². The fraction of sp³-hybridized carbons (Fsp3) is 0.250. The number of thiazole rings is 1. The molecule has 0 saturated heterocycles. The molecule has 0 atom stereocenters. The van der Waals surface area contributed by atoms with Crippen molar-refractivity contribution < 1.29 is 8.42 Å². The Kier molecular flexibility index (Phi) is 4.46. The maximum atomic E-state index is 11.8. The summed E-state index contributed by atoms with van der Waals surface area (Å²) in [5, 5.41) is 1.83. The molecule has 0 spiro atoms. The molecule has 1 aromatic heterocycles. The molecule has 0 aliphatic carbocycles. The van der Waals surface area contributed by atoms with Crippen molar-refractivity contribution in [1.82, 2.24) is 9.71 Å². The molecule has 0 saturated carbocycles. The van der Waals surface area contributed by atoms with Crippen molar-refractivity contribution in [3.05, 3.63) is 52.5 Å². The maximum Gasteiger partial charge on any atom is 0.212 e. The van der Waals surface area contributed by atoms with E-state index >= 15 is 0 Å². The summed E-state index contributed by atoms with van der Waals surface area (Å²) in [5.41, 5.74) is 3.47. The van der Waals surface area contributed by atoms with E-state index in [1.165, 1.54) is 11.3 Å². The SMILES string of the molecule is O=S(=O)(CCc1ccccc1)NCc1cscn1. The normalized spacial score (nSPS) is 11.6. The maximum absolute atomic E-state index is 11.8. The van der Waals surface area contributed by atoms with E-state index in [1.54, 1.807) is 5.51 Å². The lowest BCUT2D eigenvalue weighted by molar-refractivity contribution is 0.580. The highest BCUT2D eigenvalue weighted by Crippen LogP contribution is 2.03. The Balaban J connectivity index is 1.84. The van der Waals surface area contributed by atoms with Gasteiger partial charge in [0, 0.05) is 5.38 Å². The van der Waals surface area contributed by atoms with Gasteiger partial charge in [-0.25, -0.2) is 18.1 Å². The number of nitrogens with one attached hydrogen (secondary N) is 1. The number of rotatable bonds is 6. The zero-order valence-electron chi connectivity index (χ0n) is 9.74. The third kappa shape index (κ3) is 4.21. The van der Waals surface area contributed by atoms with Crippen molar-refractivity contribution in [1.29, 1.82) is 0 Å². The topological polar surface area (TPSA) is 59.1 Å². The first-order valence-corrected chi connectivity index (χ1v) is 8.13. The van der Waals surface area contributed by atoms with Crippen LogP contribution in [-0.2, 0) is 23.0 Å². The molecule has 0 unspecified atom stereocenters. The number of hydrogen-bond acceptors (Lipinski definition) is 4. The third-order valence-corrected chi connectivity index (χ3v) is 4.42. The molecular formula is C12H14N2O2S2. The summed E-state index contributed by atoms with van der Waals surface area (Å²) in [5.74, 6) is 0.0984. The van der Waals surface area contributed by atoms with Gasteiger partial charge in [0.1, 0.15) is 0 Å². The van der Waals surface area contributed by atoms with Crippen LogP contribution in [0.3, 0.4) is 0 Å². The molecule has 1 N–H and O–H groups in total. The van der Waals surface area contributed by atoms with E-state index in [0.717, 1.165) is 11.3 Å². The Morgan fingerprint density at radius 3 is 2.67 bits per heavy atom. The summed E-state index contributed by atoms with van der Waals surface area (Å²) < 4.78 is 26.1. The molecule has 0 amide bonds. The van der Waals surface area contributed by atoms with Crippen LogP contribution in [0.25, 0.3) is 0 Å². The van der Waals surface area contributed by atoms with E-state index in [4.69, 9.17) is 0 Å². The largest absolute Gasteiger partial charge is 0.248 e. The number of benzene rings is 1. The van der Waals surface area contributed by atoms with Gasteiger partial charge in [0.05, 0.1) is 23.5 Å². The predicted molar refractivity (Wildman–Crippen MR) is 72.9 cm³/mol. The Bertz CT molecular complexity index is 565. The quantitative estimate of drug-likeness (QED) is 0.879. The van der Waals surface area contributed by atoms with Crippen molar-refractivity contribution in [3.8, 4) is 0 Å². The lowest BCUT2D eigenvalue weighted by atomic mass is 10.2. The van der Waals surface area contributed by atoms with Gasteiger partial charge in [0.25, 0.3) is 0 Å². The lowest BCUT2D eigenvalue weighted by Crippen LogP contribution is -2.26. The van der Waals surface area contributed by atoms with Gasteiger partial charge in [-0.3, -0.25) is 0 Å². The molecule has 2 aromatic rings. The Hall–Kier alpha value is -1.24. The van der Waals surface area contributed by atoms with Gasteiger partial charge < -0.3 is 0 Å². The molecule has 2 rings (SSSR count). The summed E-state index contributed by atoms with van der Waals surface area (Å²) in [6.45, 7) is 0.265. The zero-order chi connectivity index (χ0) is 12.8. The summed E-state index contributed by atoms with van der Waals surface area (Å²) in [7, 11) is -3.24. The molecule has 6 heteroatoms. The second-order valence-corrected chi connectivity index (χ2v) is 6.50. The van der Waals surface area contributed by atoms with Gasteiger partial charge in [0.2, 0.25) is 10.0 Å². The number of aryl methyl sites for hydroxylation is 1. The summed E-state index contributed by atoms with van der Waals surface area (Å²) >= 11 is 1.45. The van der Waals surface area contributed by atoms with Gasteiger partial charge >= 0.3 is 0 Å². The van der Waals surface area contributed by atoms with Crippen LogP contribution in [0.4, 0.5) is 0 Å². The number of nitrogens with zero attached hydrogens (tertiary/aromatic N) is 1. The molecule has 0 aliphatic heterocycles. The van der Waals surface area contributed by atoms with E-state index in [0.29, 0.717) is 6.42 Å². The Morgan fingerprint density at radius 2 is 2.00 bits per heavy atom. The minimum atomic E-state index is -3.24. The summed E-state index contributed by atoms with van der Waals surface area (Å²) in [4.78, 5) is 4.03. The minimum absolute atomic E-state index is 0.0984. The number of aromatic nitrogens is 1. The highest BCUT2D eigenvalue weighted by molar-refractivity contribution is 7.89. The predicted octanol–water partition coefficient (Wildman–Crippen LogP) is 1.81. The van der Waals surface area contributed by atoms with Crippen LogP contribution < -0.4 is 4.72 Å². The molecule has 18 heavy (non-hydrogen) atoms. The molecule has 0 bridgehead atoms. The van der Waals surface area contributed by atoms with Gasteiger partial charge in [-0.05, 0) is 12.0 Å². The smallest absolute Gasteiger partial charge is 0.212 e. The van der Waals surface area contributed by atoms with E-state index in [2.05, 4.69) is 9.71 Å². The van der Waals surface area contributed by atoms with Crippen LogP contribution in [0.15, 0.2) is 41.2 Å². The first kappa shape index (κ1) is 13.2. The van der Waals surface area contributed by atoms with E-state index < -0.39 is 10.0 Å². The van der Waals surface area contributed by atoms with Crippen LogP contribution >= 0.6 is 11.3 Å². The average Bonchev–Trinajstić information content (AvgIpc) is 2.89. The Labute approximate surface area is 111 Å². The molecule has 0 fully saturated rings. The van der Waals surface area contributed by atoms with Gasteiger partial charge in [-0.2, -0.15) is 0 Å². The van der Waals surface area contributed by atoms with Crippen molar-refractivity contribution in [2.75, 3.05) is 5.75 Å². The van der Waals surface area contributed by atoms with Crippen LogP contribution in [0, 0.1) is 0 Å². The number of hydrogen-bond donors (Lipinski definition) is 1. The van der Waals surface area contributed by atoms with Crippen molar-refractivity contribution in [2.45, 2.75) is 13.0 Å². The van der Waals surface area contributed by atoms with Gasteiger partial charge in [-0.1, -0.05) is 30.3 Å². The monoisotopic (exact) mass is 282 g/mol. The highest BCUT2D eigenvalue weighted by atomic mass is 32.2. The first-order chi connectivity index (χ1) is 8.66. The first-order valence-electron chi connectivity index (χ1n) is 5.54. The second kappa shape index (κ2) is 6.08. The number of sulfonamides is 1. The van der Waals surface area contributed by atoms with Gasteiger partial charge in [0.15, 0.2) is 0 Å². The second-order valence-electron chi connectivity index (χ2n) is 3.86. The van der Waals surface area contributed by atoms with Crippen LogP contribution in [0.5, 0.6) is 0 Å². The lowest BCUT2D eigenvalue weighted by Gasteiger charge is -2.05. The van der Waals surface area contributed by atoms with Crippen molar-refractivity contribution in [3.63, 3.8) is 0 Å². The van der Waals surface area contributed by atoms with E-state index in [9.17, 15) is 8.42 Å². The molecule has 1 heterocycles. The minimum Gasteiger partial charge on any atom is -0.248 e. The molecule has 96 valence electrons. The fourth-order valence-corrected chi connectivity index (χ4v) is 3.05. The molecule has 4 nitrogen and oxygen atoms in total. The van der Waals surface area contributed by atoms with Crippen molar-refractivity contribution >= 4 is 21.4 Å². The zero-order valence-corrected chi connectivity index (χ0v) is 11.4. The third-order valence-electron chi connectivity index (χ3n) is 2.46. The molecule has 0 aliphatic rings. The molecule has 0 radical (unpaired) electrons.